The lowest BCUT2D eigenvalue weighted by Gasteiger charge is -2.32. The van der Waals surface area contributed by atoms with Gasteiger partial charge in [0.25, 0.3) is 5.91 Å². The van der Waals surface area contributed by atoms with Crippen LogP contribution in [0.25, 0.3) is 0 Å². The van der Waals surface area contributed by atoms with E-state index in [1.807, 2.05) is 0 Å². The summed E-state index contributed by atoms with van der Waals surface area (Å²) in [5, 5.41) is 9.50. The average molecular weight is 213 g/mol. The van der Waals surface area contributed by atoms with Crippen LogP contribution >= 0.6 is 0 Å². The Morgan fingerprint density at radius 2 is 2.27 bits per heavy atom. The van der Waals surface area contributed by atoms with Crippen molar-refractivity contribution in [1.82, 2.24) is 4.90 Å². The molecule has 15 heavy (non-hydrogen) atoms. The van der Waals surface area contributed by atoms with Crippen LogP contribution in [0.15, 0.2) is 0 Å². The summed E-state index contributed by atoms with van der Waals surface area (Å²) < 4.78 is 5.44. The highest BCUT2D eigenvalue weighted by Crippen LogP contribution is 2.23. The molecule has 0 aromatic heterocycles. The predicted molar refractivity (Wildman–Crippen MR) is 55.3 cm³/mol. The van der Waals surface area contributed by atoms with Gasteiger partial charge in [0, 0.05) is 19.7 Å². The van der Waals surface area contributed by atoms with Crippen LogP contribution in [0.1, 0.15) is 26.2 Å². The second kappa shape index (κ2) is 4.49. The zero-order chi connectivity index (χ0) is 10.8. The summed E-state index contributed by atoms with van der Waals surface area (Å²) in [6, 6.07) is 0. The summed E-state index contributed by atoms with van der Waals surface area (Å²) in [6.07, 6.45) is 2.06. The second-order valence-electron chi connectivity index (χ2n) is 4.64. The molecule has 0 aliphatic carbocycles. The molecule has 0 spiro atoms. The molecule has 3 atom stereocenters. The number of piperidine rings is 1. The Bertz CT molecular complexity index is 244. The molecule has 2 rings (SSSR count). The van der Waals surface area contributed by atoms with Gasteiger partial charge in [-0.15, -0.1) is 0 Å². The number of carbonyl (C=O) groups excluding carboxylic acids is 1. The molecule has 2 heterocycles. The van der Waals surface area contributed by atoms with Crippen molar-refractivity contribution in [1.29, 1.82) is 0 Å². The fourth-order valence-electron chi connectivity index (χ4n) is 2.35. The van der Waals surface area contributed by atoms with Gasteiger partial charge >= 0.3 is 0 Å². The maximum Gasteiger partial charge on any atom is 0.252 e. The summed E-state index contributed by atoms with van der Waals surface area (Å²) in [5.41, 5.74) is 0. The Kier molecular flexibility index (Phi) is 3.26. The lowest BCUT2D eigenvalue weighted by molar-refractivity contribution is -0.145. The van der Waals surface area contributed by atoms with Crippen molar-refractivity contribution in [2.45, 2.75) is 38.4 Å². The van der Waals surface area contributed by atoms with Gasteiger partial charge in [0.1, 0.15) is 6.10 Å². The summed E-state index contributed by atoms with van der Waals surface area (Å²) in [4.78, 5) is 13.8. The van der Waals surface area contributed by atoms with Crippen molar-refractivity contribution < 1.29 is 14.6 Å². The Morgan fingerprint density at radius 3 is 2.87 bits per heavy atom. The van der Waals surface area contributed by atoms with Gasteiger partial charge in [0.2, 0.25) is 0 Å². The van der Waals surface area contributed by atoms with Crippen molar-refractivity contribution in [2.24, 2.45) is 5.92 Å². The molecular formula is C11H19NO3. The van der Waals surface area contributed by atoms with E-state index < -0.39 is 0 Å². The van der Waals surface area contributed by atoms with Crippen LogP contribution in [0.3, 0.4) is 0 Å². The van der Waals surface area contributed by atoms with Crippen LogP contribution in [-0.2, 0) is 9.53 Å². The summed E-state index contributed by atoms with van der Waals surface area (Å²) in [6.45, 7) is 3.98. The Balaban J connectivity index is 1.94. The van der Waals surface area contributed by atoms with E-state index in [1.54, 1.807) is 4.90 Å². The van der Waals surface area contributed by atoms with E-state index in [1.165, 1.54) is 0 Å². The minimum Gasteiger partial charge on any atom is -0.391 e. The molecule has 4 nitrogen and oxygen atoms in total. The van der Waals surface area contributed by atoms with Gasteiger partial charge in [0.15, 0.2) is 0 Å². The van der Waals surface area contributed by atoms with Crippen LogP contribution in [0.4, 0.5) is 0 Å². The number of hydrogen-bond donors (Lipinski definition) is 1. The zero-order valence-electron chi connectivity index (χ0n) is 9.19. The Labute approximate surface area is 90.2 Å². The van der Waals surface area contributed by atoms with Gasteiger partial charge in [-0.3, -0.25) is 4.79 Å². The first-order chi connectivity index (χ1) is 7.18. The number of β-amino-alcohol motifs (C(OH)–C–C–N with tert-alkyl or cyclic N) is 1. The molecule has 2 saturated heterocycles. The minimum atomic E-state index is -0.348. The molecular weight excluding hydrogens is 194 g/mol. The molecule has 2 fully saturated rings. The number of aliphatic hydroxyl groups excluding tert-OH is 1. The van der Waals surface area contributed by atoms with Crippen molar-refractivity contribution in [3.63, 3.8) is 0 Å². The van der Waals surface area contributed by atoms with E-state index in [2.05, 4.69) is 6.92 Å². The van der Waals surface area contributed by atoms with E-state index in [0.717, 1.165) is 25.8 Å². The SMILES string of the molecule is CC1CCOC1C(=O)N1CCCC(O)C1. The molecule has 2 aliphatic rings. The topological polar surface area (TPSA) is 49.8 Å². The van der Waals surface area contributed by atoms with E-state index >= 15 is 0 Å². The van der Waals surface area contributed by atoms with E-state index in [9.17, 15) is 9.90 Å². The van der Waals surface area contributed by atoms with Crippen LogP contribution in [0.5, 0.6) is 0 Å². The van der Waals surface area contributed by atoms with Crippen LogP contribution in [-0.4, -0.2) is 47.8 Å². The first kappa shape index (κ1) is 10.9. The monoisotopic (exact) mass is 213 g/mol. The van der Waals surface area contributed by atoms with E-state index in [-0.39, 0.29) is 18.1 Å². The molecule has 0 saturated carbocycles. The highest BCUT2D eigenvalue weighted by atomic mass is 16.5. The lowest BCUT2D eigenvalue weighted by Crippen LogP contribution is -2.47. The second-order valence-corrected chi connectivity index (χ2v) is 4.64. The third-order valence-electron chi connectivity index (χ3n) is 3.34. The quantitative estimate of drug-likeness (QED) is 0.685. The Hall–Kier alpha value is -0.610. The van der Waals surface area contributed by atoms with Crippen molar-refractivity contribution in [3.05, 3.63) is 0 Å². The smallest absolute Gasteiger partial charge is 0.252 e. The largest absolute Gasteiger partial charge is 0.391 e. The average Bonchev–Trinajstić information content (AvgIpc) is 2.63. The number of carbonyl (C=O) groups is 1. The molecule has 0 aromatic rings. The predicted octanol–water partition coefficient (Wildman–Crippen LogP) is 0.395. The molecule has 3 unspecified atom stereocenters. The Morgan fingerprint density at radius 1 is 1.47 bits per heavy atom. The van der Waals surface area contributed by atoms with Gasteiger partial charge in [-0.2, -0.15) is 0 Å². The van der Waals surface area contributed by atoms with Gasteiger partial charge in [-0.25, -0.2) is 0 Å². The van der Waals surface area contributed by atoms with Crippen LogP contribution in [0, 0.1) is 5.92 Å². The lowest BCUT2D eigenvalue weighted by atomic mass is 10.0. The summed E-state index contributed by atoms with van der Waals surface area (Å²) >= 11 is 0. The fraction of sp³-hybridized carbons (Fsp3) is 0.909. The maximum absolute atomic E-state index is 12.0. The molecule has 0 aromatic carbocycles. The number of hydrogen-bond acceptors (Lipinski definition) is 3. The van der Waals surface area contributed by atoms with Crippen LogP contribution in [0.2, 0.25) is 0 Å². The summed E-state index contributed by atoms with van der Waals surface area (Å²) in [5.74, 6) is 0.385. The number of amides is 1. The number of likely N-dealkylation sites (tertiary alicyclic amines) is 1. The van der Waals surface area contributed by atoms with Gasteiger partial charge in [-0.1, -0.05) is 6.92 Å². The van der Waals surface area contributed by atoms with E-state index in [0.29, 0.717) is 19.1 Å². The molecule has 0 radical (unpaired) electrons. The standard InChI is InChI=1S/C11H19NO3/c1-8-4-6-15-10(8)11(14)12-5-2-3-9(13)7-12/h8-10,13H,2-7H2,1H3. The number of rotatable bonds is 1. The maximum atomic E-state index is 12.0. The fourth-order valence-corrected chi connectivity index (χ4v) is 2.35. The normalized spacial score (nSPS) is 36.9. The highest BCUT2D eigenvalue weighted by Gasteiger charge is 2.35. The summed E-state index contributed by atoms with van der Waals surface area (Å²) in [7, 11) is 0. The van der Waals surface area contributed by atoms with Crippen molar-refractivity contribution >= 4 is 5.91 Å². The van der Waals surface area contributed by atoms with Gasteiger partial charge in [-0.05, 0) is 25.2 Å². The third-order valence-corrected chi connectivity index (χ3v) is 3.34. The number of nitrogens with zero attached hydrogens (tertiary/aromatic N) is 1. The molecule has 2 aliphatic heterocycles. The van der Waals surface area contributed by atoms with Crippen molar-refractivity contribution in [2.75, 3.05) is 19.7 Å². The molecule has 86 valence electrons. The first-order valence-corrected chi connectivity index (χ1v) is 5.77. The number of ether oxygens (including phenoxy) is 1. The first-order valence-electron chi connectivity index (χ1n) is 5.77. The van der Waals surface area contributed by atoms with Crippen LogP contribution < -0.4 is 0 Å². The third kappa shape index (κ3) is 2.32. The van der Waals surface area contributed by atoms with Gasteiger partial charge < -0.3 is 14.7 Å². The molecule has 4 heteroatoms. The van der Waals surface area contributed by atoms with Gasteiger partial charge in [0.05, 0.1) is 6.10 Å². The number of aliphatic hydroxyl groups is 1. The highest BCUT2D eigenvalue weighted by molar-refractivity contribution is 5.81. The minimum absolute atomic E-state index is 0.0683. The molecule has 1 N–H and O–H groups in total. The zero-order valence-corrected chi connectivity index (χ0v) is 9.19. The van der Waals surface area contributed by atoms with Crippen molar-refractivity contribution in [3.8, 4) is 0 Å². The molecule has 1 amide bonds. The molecule has 0 bridgehead atoms. The van der Waals surface area contributed by atoms with E-state index in [4.69, 9.17) is 4.74 Å².